The minimum absolute atomic E-state index is 0.0403. The summed E-state index contributed by atoms with van der Waals surface area (Å²) in [4.78, 5) is 26.0. The molecule has 110 valence electrons. The van der Waals surface area contributed by atoms with Crippen molar-refractivity contribution in [1.82, 2.24) is 10.2 Å². The Kier molecular flexibility index (Phi) is 4.61. The summed E-state index contributed by atoms with van der Waals surface area (Å²) < 4.78 is 5.66. The zero-order valence-electron chi connectivity index (χ0n) is 12.9. The highest BCUT2D eigenvalue weighted by molar-refractivity contribution is 5.99. The predicted octanol–water partition coefficient (Wildman–Crippen LogP) is 1.32. The summed E-state index contributed by atoms with van der Waals surface area (Å²) in [7, 11) is 0. The standard InChI is InChI=1S/C14H26N2O3/c1-7-14(6)12(18)15-10(2)11(17)16(14)8-9-19-13(3,4)5/h10H,7-9H2,1-6H3,(H,15,18). The molecule has 0 aromatic rings. The lowest BCUT2D eigenvalue weighted by Gasteiger charge is -2.45. The molecule has 5 nitrogen and oxygen atoms in total. The van der Waals surface area contributed by atoms with E-state index in [2.05, 4.69) is 5.32 Å². The second-order valence-electron chi connectivity index (χ2n) is 6.27. The molecule has 0 radical (unpaired) electrons. The van der Waals surface area contributed by atoms with Gasteiger partial charge in [0.25, 0.3) is 0 Å². The summed E-state index contributed by atoms with van der Waals surface area (Å²) in [5, 5.41) is 2.74. The molecule has 0 bridgehead atoms. The Morgan fingerprint density at radius 3 is 2.42 bits per heavy atom. The SMILES string of the molecule is CCC1(C)C(=O)NC(C)C(=O)N1CCOC(C)(C)C. The monoisotopic (exact) mass is 270 g/mol. The quantitative estimate of drug-likeness (QED) is 0.838. The van der Waals surface area contributed by atoms with Gasteiger partial charge >= 0.3 is 0 Å². The van der Waals surface area contributed by atoms with E-state index < -0.39 is 11.6 Å². The van der Waals surface area contributed by atoms with Gasteiger partial charge in [0.2, 0.25) is 11.8 Å². The number of rotatable bonds is 4. The van der Waals surface area contributed by atoms with Gasteiger partial charge in [-0.25, -0.2) is 0 Å². The fourth-order valence-electron chi connectivity index (χ4n) is 2.16. The van der Waals surface area contributed by atoms with Crippen LogP contribution in [-0.4, -0.2) is 47.0 Å². The second kappa shape index (κ2) is 5.49. The maximum atomic E-state index is 12.3. The molecule has 2 amide bonds. The molecule has 1 heterocycles. The van der Waals surface area contributed by atoms with Crippen LogP contribution >= 0.6 is 0 Å². The topological polar surface area (TPSA) is 58.6 Å². The molecule has 1 rings (SSSR count). The van der Waals surface area contributed by atoms with Crippen LogP contribution in [0.2, 0.25) is 0 Å². The van der Waals surface area contributed by atoms with Gasteiger partial charge in [-0.2, -0.15) is 0 Å². The molecule has 0 saturated carbocycles. The highest BCUT2D eigenvalue weighted by Crippen LogP contribution is 2.24. The van der Waals surface area contributed by atoms with Crippen LogP contribution in [-0.2, 0) is 14.3 Å². The van der Waals surface area contributed by atoms with Gasteiger partial charge in [-0.05, 0) is 41.0 Å². The van der Waals surface area contributed by atoms with E-state index >= 15 is 0 Å². The molecule has 1 aliphatic heterocycles. The van der Waals surface area contributed by atoms with Crippen LogP contribution in [0.5, 0.6) is 0 Å². The van der Waals surface area contributed by atoms with Gasteiger partial charge in [-0.3, -0.25) is 9.59 Å². The van der Waals surface area contributed by atoms with E-state index in [-0.39, 0.29) is 17.4 Å². The third kappa shape index (κ3) is 3.47. The lowest BCUT2D eigenvalue weighted by Crippen LogP contribution is -2.69. The number of hydrogen-bond donors (Lipinski definition) is 1. The van der Waals surface area contributed by atoms with Crippen molar-refractivity contribution in [2.75, 3.05) is 13.2 Å². The first-order valence-electron chi connectivity index (χ1n) is 6.88. The molecule has 1 saturated heterocycles. The summed E-state index contributed by atoms with van der Waals surface area (Å²) >= 11 is 0. The van der Waals surface area contributed by atoms with E-state index in [0.29, 0.717) is 19.6 Å². The van der Waals surface area contributed by atoms with E-state index in [1.165, 1.54) is 0 Å². The molecule has 0 spiro atoms. The summed E-state index contributed by atoms with van der Waals surface area (Å²) in [5.74, 6) is -0.126. The molecule has 1 fully saturated rings. The van der Waals surface area contributed by atoms with Crippen LogP contribution in [0.3, 0.4) is 0 Å². The van der Waals surface area contributed by atoms with Crippen molar-refractivity contribution >= 4 is 11.8 Å². The first kappa shape index (κ1) is 16.0. The van der Waals surface area contributed by atoms with Crippen molar-refractivity contribution in [1.29, 1.82) is 0 Å². The average molecular weight is 270 g/mol. The number of piperazine rings is 1. The van der Waals surface area contributed by atoms with Crippen LogP contribution in [0.15, 0.2) is 0 Å². The Morgan fingerprint density at radius 1 is 1.37 bits per heavy atom. The van der Waals surface area contributed by atoms with Crippen LogP contribution in [0.1, 0.15) is 48.0 Å². The number of nitrogens with one attached hydrogen (secondary N) is 1. The van der Waals surface area contributed by atoms with Gasteiger partial charge in [-0.15, -0.1) is 0 Å². The molecule has 1 aliphatic rings. The van der Waals surface area contributed by atoms with Gasteiger partial charge < -0.3 is 15.0 Å². The van der Waals surface area contributed by atoms with Crippen molar-refractivity contribution in [3.05, 3.63) is 0 Å². The number of carbonyl (C=O) groups is 2. The van der Waals surface area contributed by atoms with Gasteiger partial charge in [0.1, 0.15) is 11.6 Å². The maximum absolute atomic E-state index is 12.3. The van der Waals surface area contributed by atoms with Crippen molar-refractivity contribution < 1.29 is 14.3 Å². The predicted molar refractivity (Wildman–Crippen MR) is 73.7 cm³/mol. The summed E-state index contributed by atoms with van der Waals surface area (Å²) in [6.07, 6.45) is 0.590. The van der Waals surface area contributed by atoms with Gasteiger partial charge in [0, 0.05) is 6.54 Å². The third-order valence-electron chi connectivity index (χ3n) is 3.61. The number of carbonyl (C=O) groups excluding carboxylic acids is 2. The Morgan fingerprint density at radius 2 is 1.95 bits per heavy atom. The van der Waals surface area contributed by atoms with Gasteiger partial charge in [0.05, 0.1) is 12.2 Å². The zero-order chi connectivity index (χ0) is 14.8. The summed E-state index contributed by atoms with van der Waals surface area (Å²) in [6, 6.07) is -0.457. The minimum Gasteiger partial charge on any atom is -0.374 e. The number of hydrogen-bond acceptors (Lipinski definition) is 3. The molecule has 1 N–H and O–H groups in total. The van der Waals surface area contributed by atoms with E-state index in [0.717, 1.165) is 0 Å². The summed E-state index contributed by atoms with van der Waals surface area (Å²) in [5.41, 5.74) is -1.01. The smallest absolute Gasteiger partial charge is 0.246 e. The lowest BCUT2D eigenvalue weighted by atomic mass is 9.91. The molecule has 0 aromatic heterocycles. The molecular weight excluding hydrogens is 244 g/mol. The van der Waals surface area contributed by atoms with E-state index in [1.54, 1.807) is 11.8 Å². The van der Waals surface area contributed by atoms with E-state index in [1.807, 2.05) is 34.6 Å². The Bertz CT molecular complexity index is 362. The third-order valence-corrected chi connectivity index (χ3v) is 3.61. The van der Waals surface area contributed by atoms with E-state index in [4.69, 9.17) is 4.74 Å². The lowest BCUT2D eigenvalue weighted by molar-refractivity contribution is -0.158. The van der Waals surface area contributed by atoms with Crippen molar-refractivity contribution in [2.45, 2.75) is 65.1 Å². The maximum Gasteiger partial charge on any atom is 0.246 e. The highest BCUT2D eigenvalue weighted by Gasteiger charge is 2.46. The van der Waals surface area contributed by atoms with Crippen LogP contribution < -0.4 is 5.32 Å². The molecule has 2 unspecified atom stereocenters. The second-order valence-corrected chi connectivity index (χ2v) is 6.27. The van der Waals surface area contributed by atoms with Crippen LogP contribution in [0.25, 0.3) is 0 Å². The molecule has 19 heavy (non-hydrogen) atoms. The average Bonchev–Trinajstić information content (AvgIpc) is 2.29. The number of amides is 2. The molecule has 5 heteroatoms. The molecule has 0 aromatic carbocycles. The molecule has 0 aliphatic carbocycles. The normalized spacial score (nSPS) is 28.5. The van der Waals surface area contributed by atoms with Gasteiger partial charge in [-0.1, -0.05) is 6.92 Å². The van der Waals surface area contributed by atoms with E-state index in [9.17, 15) is 9.59 Å². The zero-order valence-corrected chi connectivity index (χ0v) is 12.9. The summed E-state index contributed by atoms with van der Waals surface area (Å²) in [6.45, 7) is 12.2. The van der Waals surface area contributed by atoms with Crippen molar-refractivity contribution in [3.8, 4) is 0 Å². The fourth-order valence-corrected chi connectivity index (χ4v) is 2.16. The van der Waals surface area contributed by atoms with Crippen LogP contribution in [0, 0.1) is 0 Å². The highest BCUT2D eigenvalue weighted by atomic mass is 16.5. The Labute approximate surface area is 115 Å². The molecule has 2 atom stereocenters. The first-order chi connectivity index (χ1) is 8.62. The fraction of sp³-hybridized carbons (Fsp3) is 0.857. The van der Waals surface area contributed by atoms with Gasteiger partial charge in [0.15, 0.2) is 0 Å². The number of ether oxygens (including phenoxy) is 1. The van der Waals surface area contributed by atoms with Crippen molar-refractivity contribution in [2.24, 2.45) is 0 Å². The molecular formula is C14H26N2O3. The first-order valence-corrected chi connectivity index (χ1v) is 6.88. The van der Waals surface area contributed by atoms with Crippen LogP contribution in [0.4, 0.5) is 0 Å². The largest absolute Gasteiger partial charge is 0.374 e. The number of nitrogens with zero attached hydrogens (tertiary/aromatic N) is 1. The Hall–Kier alpha value is -1.10. The van der Waals surface area contributed by atoms with Crippen molar-refractivity contribution in [3.63, 3.8) is 0 Å². The Balaban J connectivity index is 2.80. The minimum atomic E-state index is -0.773.